The third kappa shape index (κ3) is 2.59. The number of rotatable bonds is 2. The lowest BCUT2D eigenvalue weighted by Crippen LogP contribution is -2.28. The Morgan fingerprint density at radius 3 is 3.20 bits per heavy atom. The maximum atomic E-state index is 8.88. The number of aromatic nitrogens is 1. The predicted octanol–water partition coefficient (Wildman–Crippen LogP) is 0.922. The molecule has 0 aliphatic carbocycles. The average Bonchev–Trinajstić information content (AvgIpc) is 2.40. The van der Waals surface area contributed by atoms with Gasteiger partial charge in [-0.2, -0.15) is 0 Å². The third-order valence-corrected chi connectivity index (χ3v) is 2.57. The van der Waals surface area contributed by atoms with Gasteiger partial charge in [0.25, 0.3) is 0 Å². The van der Waals surface area contributed by atoms with Crippen molar-refractivity contribution in [1.82, 2.24) is 9.88 Å². The summed E-state index contributed by atoms with van der Waals surface area (Å²) >= 11 is 5.78. The second-order valence-electron chi connectivity index (χ2n) is 3.45. The van der Waals surface area contributed by atoms with Crippen LogP contribution in [-0.2, 0) is 6.54 Å². The monoisotopic (exact) mass is 228 g/mol. The van der Waals surface area contributed by atoms with Crippen molar-refractivity contribution in [3.63, 3.8) is 0 Å². The third-order valence-electron chi connectivity index (χ3n) is 2.36. The lowest BCUT2D eigenvalue weighted by molar-refractivity contribution is 0.176. The molecule has 82 valence electrons. The Hall–Kier alpha value is -0.840. The molecule has 0 radical (unpaired) electrons. The van der Waals surface area contributed by atoms with Crippen LogP contribution in [0.5, 0.6) is 5.88 Å². The van der Waals surface area contributed by atoms with Gasteiger partial charge in [-0.15, -0.1) is 0 Å². The van der Waals surface area contributed by atoms with Gasteiger partial charge in [-0.05, 0) is 12.1 Å². The van der Waals surface area contributed by atoms with E-state index in [0.717, 1.165) is 18.7 Å². The molecule has 1 aliphatic rings. The van der Waals surface area contributed by atoms with E-state index < -0.39 is 0 Å². The number of β-amino-alcohol motifs (C(OH)–C–C–N with tert-alkyl or cyclic N) is 1. The molecular weight excluding hydrogens is 216 g/mol. The molecule has 1 aliphatic heterocycles. The van der Waals surface area contributed by atoms with E-state index >= 15 is 0 Å². The molecule has 0 saturated heterocycles. The zero-order chi connectivity index (χ0) is 10.7. The molecule has 1 aromatic heterocycles. The fraction of sp³-hybridized carbons (Fsp3) is 0.500. The summed E-state index contributed by atoms with van der Waals surface area (Å²) in [5, 5.41) is 9.33. The maximum Gasteiger partial charge on any atom is 0.219 e. The van der Waals surface area contributed by atoms with Crippen LogP contribution in [0.15, 0.2) is 12.1 Å². The molecule has 0 spiro atoms. The Bertz CT molecular complexity index is 346. The summed E-state index contributed by atoms with van der Waals surface area (Å²) in [6.07, 6.45) is 0. The summed E-state index contributed by atoms with van der Waals surface area (Å²) < 4.78 is 5.49. The van der Waals surface area contributed by atoms with Crippen LogP contribution in [0.25, 0.3) is 0 Å². The summed E-state index contributed by atoms with van der Waals surface area (Å²) in [5.74, 6) is 0.614. The summed E-state index contributed by atoms with van der Waals surface area (Å²) in [4.78, 5) is 6.25. The van der Waals surface area contributed by atoms with Crippen LogP contribution in [0.1, 0.15) is 5.56 Å². The molecule has 5 heteroatoms. The Labute approximate surface area is 93.4 Å². The van der Waals surface area contributed by atoms with Crippen LogP contribution in [0.2, 0.25) is 5.15 Å². The molecule has 15 heavy (non-hydrogen) atoms. The summed E-state index contributed by atoms with van der Waals surface area (Å²) in [6, 6.07) is 3.67. The second kappa shape index (κ2) is 4.79. The van der Waals surface area contributed by atoms with E-state index in [1.807, 2.05) is 6.07 Å². The molecule has 1 N–H and O–H groups in total. The number of hydrogen-bond donors (Lipinski definition) is 1. The Morgan fingerprint density at radius 2 is 2.40 bits per heavy atom. The van der Waals surface area contributed by atoms with Gasteiger partial charge in [0.1, 0.15) is 11.8 Å². The first-order valence-corrected chi connectivity index (χ1v) is 5.29. The number of nitrogens with zero attached hydrogens (tertiary/aromatic N) is 2. The van der Waals surface area contributed by atoms with E-state index in [1.165, 1.54) is 0 Å². The van der Waals surface area contributed by atoms with Crippen molar-refractivity contribution in [2.45, 2.75) is 6.54 Å². The van der Waals surface area contributed by atoms with Gasteiger partial charge in [0, 0.05) is 25.2 Å². The summed E-state index contributed by atoms with van der Waals surface area (Å²) in [5.41, 5.74) is 1.02. The SMILES string of the molecule is OCCN1CCOc2nc(Cl)ccc2C1. The molecule has 0 bridgehead atoms. The Kier molecular flexibility index (Phi) is 3.41. The van der Waals surface area contributed by atoms with Crippen LogP contribution in [0, 0.1) is 0 Å². The number of halogens is 1. The topological polar surface area (TPSA) is 45.6 Å². The first-order valence-electron chi connectivity index (χ1n) is 4.91. The first-order chi connectivity index (χ1) is 7.29. The standard InChI is InChI=1S/C10H13ClN2O2/c11-9-2-1-8-7-13(3-5-14)4-6-15-10(8)12-9/h1-2,14H,3-7H2. The van der Waals surface area contributed by atoms with Gasteiger partial charge in [-0.3, -0.25) is 4.90 Å². The molecule has 0 unspecified atom stereocenters. The van der Waals surface area contributed by atoms with Gasteiger partial charge < -0.3 is 9.84 Å². The van der Waals surface area contributed by atoms with Crippen LogP contribution in [0.3, 0.4) is 0 Å². The van der Waals surface area contributed by atoms with Crippen molar-refractivity contribution in [2.75, 3.05) is 26.3 Å². The minimum Gasteiger partial charge on any atom is -0.476 e. The fourth-order valence-electron chi connectivity index (χ4n) is 1.62. The number of hydrogen-bond acceptors (Lipinski definition) is 4. The number of aliphatic hydroxyl groups excluding tert-OH is 1. The van der Waals surface area contributed by atoms with Gasteiger partial charge in [0.05, 0.1) is 6.61 Å². The summed E-state index contributed by atoms with van der Waals surface area (Å²) in [6.45, 7) is 2.96. The van der Waals surface area contributed by atoms with Gasteiger partial charge >= 0.3 is 0 Å². The lowest BCUT2D eigenvalue weighted by atomic mass is 10.2. The van der Waals surface area contributed by atoms with Crippen molar-refractivity contribution in [3.8, 4) is 5.88 Å². The van der Waals surface area contributed by atoms with Crippen molar-refractivity contribution in [1.29, 1.82) is 0 Å². The number of pyridine rings is 1. The zero-order valence-electron chi connectivity index (χ0n) is 8.32. The molecule has 2 rings (SSSR count). The van der Waals surface area contributed by atoms with Crippen LogP contribution in [0.4, 0.5) is 0 Å². The summed E-state index contributed by atoms with van der Waals surface area (Å²) in [7, 11) is 0. The minimum atomic E-state index is 0.163. The second-order valence-corrected chi connectivity index (χ2v) is 3.83. The molecule has 0 amide bonds. The van der Waals surface area contributed by atoms with E-state index in [-0.39, 0.29) is 6.61 Å². The molecule has 0 atom stereocenters. The average molecular weight is 229 g/mol. The van der Waals surface area contributed by atoms with Crippen molar-refractivity contribution >= 4 is 11.6 Å². The number of ether oxygens (including phenoxy) is 1. The van der Waals surface area contributed by atoms with Crippen LogP contribution >= 0.6 is 11.6 Å². The predicted molar refractivity (Wildman–Crippen MR) is 57.1 cm³/mol. The Balaban J connectivity index is 2.18. The van der Waals surface area contributed by atoms with Crippen molar-refractivity contribution in [2.24, 2.45) is 0 Å². The molecule has 0 fully saturated rings. The first kappa shape index (κ1) is 10.7. The van der Waals surface area contributed by atoms with E-state index in [4.69, 9.17) is 21.4 Å². The molecule has 0 saturated carbocycles. The van der Waals surface area contributed by atoms with Crippen LogP contribution in [-0.4, -0.2) is 41.3 Å². The highest BCUT2D eigenvalue weighted by Gasteiger charge is 2.15. The van der Waals surface area contributed by atoms with Crippen molar-refractivity contribution < 1.29 is 9.84 Å². The number of fused-ring (bicyclic) bond motifs is 1. The maximum absolute atomic E-state index is 8.88. The van der Waals surface area contributed by atoms with Crippen molar-refractivity contribution in [3.05, 3.63) is 22.8 Å². The molecule has 4 nitrogen and oxygen atoms in total. The quantitative estimate of drug-likeness (QED) is 0.765. The Morgan fingerprint density at radius 1 is 1.53 bits per heavy atom. The smallest absolute Gasteiger partial charge is 0.219 e. The number of aliphatic hydroxyl groups is 1. The highest BCUT2D eigenvalue weighted by atomic mass is 35.5. The normalized spacial score (nSPS) is 16.7. The van der Waals surface area contributed by atoms with Crippen LogP contribution < -0.4 is 4.74 Å². The highest BCUT2D eigenvalue weighted by Crippen LogP contribution is 2.22. The van der Waals surface area contributed by atoms with E-state index in [2.05, 4.69) is 9.88 Å². The van der Waals surface area contributed by atoms with Gasteiger partial charge in [0.2, 0.25) is 5.88 Å². The molecular formula is C10H13ClN2O2. The lowest BCUT2D eigenvalue weighted by Gasteiger charge is -2.17. The van der Waals surface area contributed by atoms with Gasteiger partial charge in [-0.25, -0.2) is 4.98 Å². The highest BCUT2D eigenvalue weighted by molar-refractivity contribution is 6.29. The fourth-order valence-corrected chi connectivity index (χ4v) is 1.76. The molecule has 1 aromatic rings. The van der Waals surface area contributed by atoms with E-state index in [9.17, 15) is 0 Å². The molecule has 0 aromatic carbocycles. The molecule has 2 heterocycles. The zero-order valence-corrected chi connectivity index (χ0v) is 9.07. The van der Waals surface area contributed by atoms with Gasteiger partial charge in [-0.1, -0.05) is 11.6 Å². The van der Waals surface area contributed by atoms with E-state index in [0.29, 0.717) is 24.2 Å². The largest absolute Gasteiger partial charge is 0.476 e. The van der Waals surface area contributed by atoms with E-state index in [1.54, 1.807) is 6.07 Å². The van der Waals surface area contributed by atoms with Gasteiger partial charge in [0.15, 0.2) is 0 Å². The minimum absolute atomic E-state index is 0.163.